The van der Waals surface area contributed by atoms with E-state index in [0.717, 1.165) is 12.3 Å². The van der Waals surface area contributed by atoms with E-state index in [1.165, 1.54) is 0 Å². The summed E-state index contributed by atoms with van der Waals surface area (Å²) in [5, 5.41) is -0.0473. The molecule has 3 rings (SSSR count). The zero-order valence-electron chi connectivity index (χ0n) is 14.2. The largest absolute Gasteiger partial charge is 0.417 e. The van der Waals surface area contributed by atoms with Crippen LogP contribution in [0.5, 0.6) is 0 Å². The minimum Gasteiger partial charge on any atom is -0.365 e. The number of hydrogen-bond acceptors (Lipinski definition) is 5. The van der Waals surface area contributed by atoms with Gasteiger partial charge in [0.15, 0.2) is 0 Å². The molecule has 6 nitrogen and oxygen atoms in total. The standard InChI is InChI=1S/C17H17ClF3N5O/c18-13-9-11(17(19,20)21)10-24-16(13)26-6-2-5-25(7-8-26)15-12(14(22)27)3-1-4-23-15/h1,3-4,9-10H,2,5-8H2,(H2,22,27). The predicted molar refractivity (Wildman–Crippen MR) is 96.0 cm³/mol. The molecule has 1 fully saturated rings. The van der Waals surface area contributed by atoms with Gasteiger partial charge in [-0.05, 0) is 24.6 Å². The Morgan fingerprint density at radius 2 is 1.78 bits per heavy atom. The molecule has 1 amide bonds. The maximum absolute atomic E-state index is 12.8. The lowest BCUT2D eigenvalue weighted by Gasteiger charge is -2.25. The van der Waals surface area contributed by atoms with Gasteiger partial charge >= 0.3 is 6.18 Å². The third kappa shape index (κ3) is 4.24. The van der Waals surface area contributed by atoms with Crippen LogP contribution in [0.1, 0.15) is 22.3 Å². The molecule has 0 spiro atoms. The normalized spacial score (nSPS) is 15.6. The van der Waals surface area contributed by atoms with Crippen LogP contribution in [0.25, 0.3) is 0 Å². The Morgan fingerprint density at radius 1 is 1.11 bits per heavy atom. The Kier molecular flexibility index (Phi) is 5.41. The number of rotatable bonds is 3. The zero-order chi connectivity index (χ0) is 19.6. The van der Waals surface area contributed by atoms with Crippen LogP contribution in [-0.2, 0) is 6.18 Å². The van der Waals surface area contributed by atoms with Crippen molar-refractivity contribution in [3.05, 3.63) is 46.7 Å². The number of carbonyl (C=O) groups is 1. The number of halogens is 4. The van der Waals surface area contributed by atoms with Crippen molar-refractivity contribution in [3.8, 4) is 0 Å². The molecule has 2 aromatic heterocycles. The van der Waals surface area contributed by atoms with Crippen LogP contribution in [0.4, 0.5) is 24.8 Å². The maximum atomic E-state index is 12.8. The first-order chi connectivity index (χ1) is 12.8. The average molecular weight is 400 g/mol. The fourth-order valence-electron chi connectivity index (χ4n) is 3.00. The highest BCUT2D eigenvalue weighted by atomic mass is 35.5. The van der Waals surface area contributed by atoms with Crippen molar-refractivity contribution in [2.24, 2.45) is 5.73 Å². The van der Waals surface area contributed by atoms with E-state index in [-0.39, 0.29) is 5.02 Å². The van der Waals surface area contributed by atoms with E-state index in [1.807, 2.05) is 9.80 Å². The molecule has 0 bridgehead atoms. The molecule has 2 aromatic rings. The van der Waals surface area contributed by atoms with Gasteiger partial charge in [0.05, 0.1) is 16.1 Å². The molecule has 27 heavy (non-hydrogen) atoms. The minimum absolute atomic E-state index is 0.0473. The van der Waals surface area contributed by atoms with Crippen molar-refractivity contribution in [1.29, 1.82) is 0 Å². The van der Waals surface area contributed by atoms with E-state index in [4.69, 9.17) is 17.3 Å². The van der Waals surface area contributed by atoms with Crippen LogP contribution in [-0.4, -0.2) is 42.1 Å². The number of nitrogens with zero attached hydrogens (tertiary/aromatic N) is 4. The van der Waals surface area contributed by atoms with Gasteiger partial charge in [0.2, 0.25) is 0 Å². The van der Waals surface area contributed by atoms with E-state index in [2.05, 4.69) is 9.97 Å². The van der Waals surface area contributed by atoms with E-state index in [0.29, 0.717) is 49.8 Å². The summed E-state index contributed by atoms with van der Waals surface area (Å²) in [6.45, 7) is 2.14. The first kappa shape index (κ1) is 19.2. The molecule has 10 heteroatoms. The van der Waals surface area contributed by atoms with Gasteiger partial charge < -0.3 is 15.5 Å². The third-order valence-electron chi connectivity index (χ3n) is 4.30. The quantitative estimate of drug-likeness (QED) is 0.858. The van der Waals surface area contributed by atoms with Crippen LogP contribution in [0.15, 0.2) is 30.6 Å². The lowest BCUT2D eigenvalue weighted by atomic mass is 10.2. The van der Waals surface area contributed by atoms with Crippen molar-refractivity contribution in [3.63, 3.8) is 0 Å². The molecule has 0 radical (unpaired) electrons. The number of aromatic nitrogens is 2. The molecule has 144 valence electrons. The molecular formula is C17H17ClF3N5O. The Labute approximate surface area is 158 Å². The van der Waals surface area contributed by atoms with Crippen molar-refractivity contribution in [2.75, 3.05) is 36.0 Å². The van der Waals surface area contributed by atoms with Gasteiger partial charge in [0.25, 0.3) is 5.91 Å². The Bertz CT molecular complexity index is 846. The van der Waals surface area contributed by atoms with Crippen LogP contribution in [0.2, 0.25) is 5.02 Å². The summed E-state index contributed by atoms with van der Waals surface area (Å²) in [6.07, 6.45) is -1.44. The Balaban J connectivity index is 1.79. The Hall–Kier alpha value is -2.55. The summed E-state index contributed by atoms with van der Waals surface area (Å²) in [6, 6.07) is 4.14. The predicted octanol–water partition coefficient (Wildman–Crippen LogP) is 2.96. The topological polar surface area (TPSA) is 75.4 Å². The van der Waals surface area contributed by atoms with Crippen molar-refractivity contribution < 1.29 is 18.0 Å². The van der Waals surface area contributed by atoms with Crippen molar-refractivity contribution in [1.82, 2.24) is 9.97 Å². The lowest BCUT2D eigenvalue weighted by Crippen LogP contribution is -2.33. The maximum Gasteiger partial charge on any atom is 0.417 e. The number of hydrogen-bond donors (Lipinski definition) is 1. The molecule has 0 saturated carbocycles. The molecule has 0 atom stereocenters. The Morgan fingerprint density at radius 3 is 2.37 bits per heavy atom. The first-order valence-corrected chi connectivity index (χ1v) is 8.62. The fourth-order valence-corrected chi connectivity index (χ4v) is 3.29. The number of amides is 1. The molecule has 1 aliphatic heterocycles. The highest BCUT2D eigenvalue weighted by Gasteiger charge is 2.32. The molecule has 3 heterocycles. The highest BCUT2D eigenvalue weighted by molar-refractivity contribution is 6.33. The second-order valence-corrected chi connectivity index (χ2v) is 6.50. The van der Waals surface area contributed by atoms with Crippen LogP contribution in [0, 0.1) is 0 Å². The fraction of sp³-hybridized carbons (Fsp3) is 0.353. The highest BCUT2D eigenvalue weighted by Crippen LogP contribution is 2.34. The van der Waals surface area contributed by atoms with Crippen LogP contribution < -0.4 is 15.5 Å². The van der Waals surface area contributed by atoms with E-state index in [9.17, 15) is 18.0 Å². The van der Waals surface area contributed by atoms with Gasteiger partial charge in [-0.3, -0.25) is 4.79 Å². The van der Waals surface area contributed by atoms with E-state index in [1.54, 1.807) is 18.3 Å². The summed E-state index contributed by atoms with van der Waals surface area (Å²) >= 11 is 6.05. The molecule has 2 N–H and O–H groups in total. The second-order valence-electron chi connectivity index (χ2n) is 6.09. The number of carbonyl (C=O) groups excluding carboxylic acids is 1. The summed E-state index contributed by atoms with van der Waals surface area (Å²) in [4.78, 5) is 23.6. The van der Waals surface area contributed by atoms with Crippen LogP contribution in [0.3, 0.4) is 0 Å². The van der Waals surface area contributed by atoms with Gasteiger partial charge in [-0.2, -0.15) is 13.2 Å². The van der Waals surface area contributed by atoms with Crippen molar-refractivity contribution in [2.45, 2.75) is 12.6 Å². The monoisotopic (exact) mass is 399 g/mol. The molecular weight excluding hydrogens is 383 g/mol. The molecule has 0 unspecified atom stereocenters. The van der Waals surface area contributed by atoms with Crippen LogP contribution >= 0.6 is 11.6 Å². The number of nitrogens with two attached hydrogens (primary N) is 1. The number of primary amides is 1. The first-order valence-electron chi connectivity index (χ1n) is 8.25. The lowest BCUT2D eigenvalue weighted by molar-refractivity contribution is -0.137. The minimum atomic E-state index is -4.49. The van der Waals surface area contributed by atoms with E-state index < -0.39 is 17.6 Å². The summed E-state index contributed by atoms with van der Waals surface area (Å²) in [5.41, 5.74) is 4.86. The smallest absolute Gasteiger partial charge is 0.365 e. The van der Waals surface area contributed by atoms with Gasteiger partial charge in [0.1, 0.15) is 11.6 Å². The second kappa shape index (κ2) is 7.59. The number of anilines is 2. The zero-order valence-corrected chi connectivity index (χ0v) is 15.0. The average Bonchev–Trinajstić information content (AvgIpc) is 2.87. The molecule has 1 saturated heterocycles. The van der Waals surface area contributed by atoms with E-state index >= 15 is 0 Å². The third-order valence-corrected chi connectivity index (χ3v) is 4.57. The molecule has 1 aliphatic rings. The number of pyridine rings is 2. The number of alkyl halides is 3. The summed E-state index contributed by atoms with van der Waals surface area (Å²) in [7, 11) is 0. The van der Waals surface area contributed by atoms with Crippen molar-refractivity contribution >= 4 is 29.1 Å². The molecule has 0 aromatic carbocycles. The summed E-state index contributed by atoms with van der Waals surface area (Å²) < 4.78 is 38.4. The van der Waals surface area contributed by atoms with Gasteiger partial charge in [-0.1, -0.05) is 11.6 Å². The SMILES string of the molecule is NC(=O)c1cccnc1N1CCCN(c2ncc(C(F)(F)F)cc2Cl)CC1. The van der Waals surface area contributed by atoms with Gasteiger partial charge in [-0.25, -0.2) is 9.97 Å². The van der Waals surface area contributed by atoms with Gasteiger partial charge in [0, 0.05) is 38.6 Å². The summed E-state index contributed by atoms with van der Waals surface area (Å²) in [5.74, 6) is 0.243. The van der Waals surface area contributed by atoms with Gasteiger partial charge in [-0.15, -0.1) is 0 Å². The molecule has 0 aliphatic carbocycles.